The van der Waals surface area contributed by atoms with Gasteiger partial charge in [0.1, 0.15) is 47.7 Å². The molecule has 0 unspecified atom stereocenters. The average Bonchev–Trinajstić information content (AvgIpc) is 1.60. The van der Waals surface area contributed by atoms with E-state index < -0.39 is 15.8 Å². The Morgan fingerprint density at radius 3 is 0.727 bits per heavy atom. The standard InChI is InChI=1S/C30H24P2.2C27H17.2Au/c1-5-15-25(16-6-1)31(26-17-7-2-8-18-26)29-23-13-14-24-30(29)32(27-19-9-3-10-20-27)28-21-11-4-12-22-28;2*1-2-20-12-11-19-25-26(20)23-17-9-10-18-24(23)27(25,21-13-5-3-6-14-21)22-15-7-4-8-16-22;;/h1-24H;2*3-19H;;/q;2*-1;2*+1/p+2. The molecule has 0 amide bonds. The predicted octanol–water partition coefficient (Wildman–Crippen LogP) is 16.6. The normalized spacial score (nSPS) is 12.3. The van der Waals surface area contributed by atoms with Crippen molar-refractivity contribution in [1.82, 2.24) is 0 Å². The number of hydrogen-bond acceptors (Lipinski definition) is 0. The molecule has 0 radical (unpaired) electrons. The predicted molar refractivity (Wildman–Crippen MR) is 367 cm³/mol. The van der Waals surface area contributed by atoms with Crippen molar-refractivity contribution in [2.24, 2.45) is 0 Å². The van der Waals surface area contributed by atoms with E-state index in [1.54, 1.807) is 0 Å². The van der Waals surface area contributed by atoms with Gasteiger partial charge in [-0.3, -0.25) is 11.8 Å². The first kappa shape index (κ1) is 61.0. The summed E-state index contributed by atoms with van der Waals surface area (Å²) < 4.78 is 0. The molecule has 13 aromatic rings. The summed E-state index contributed by atoms with van der Waals surface area (Å²) in [5, 5.41) is 8.71. The number of hydrogen-bond donors (Lipinski definition) is 0. The van der Waals surface area contributed by atoms with E-state index in [0.717, 1.165) is 22.3 Å². The maximum Gasteiger partial charge on any atom is 1.00 e. The van der Waals surface area contributed by atoms with Gasteiger partial charge in [-0.1, -0.05) is 290 Å². The van der Waals surface area contributed by atoms with Crippen molar-refractivity contribution in [3.05, 3.63) is 420 Å². The molecule has 2 aliphatic rings. The minimum Gasteiger partial charge on any atom is -0.366 e. The van der Waals surface area contributed by atoms with Crippen LogP contribution in [0.25, 0.3) is 22.3 Å². The molecule has 15 rings (SSSR count). The van der Waals surface area contributed by atoms with Gasteiger partial charge in [-0.15, -0.1) is 23.3 Å². The van der Waals surface area contributed by atoms with Crippen LogP contribution in [-0.2, 0) is 55.6 Å². The van der Waals surface area contributed by atoms with Crippen molar-refractivity contribution in [2.45, 2.75) is 10.8 Å². The third-order valence-electron chi connectivity index (χ3n) is 16.9. The van der Waals surface area contributed by atoms with Crippen LogP contribution in [0.15, 0.2) is 352 Å². The Kier molecular flexibility index (Phi) is 19.4. The Morgan fingerprint density at radius 2 is 0.455 bits per heavy atom. The topological polar surface area (TPSA) is 0 Å². The van der Waals surface area contributed by atoms with Gasteiger partial charge in [-0.25, -0.2) is 0 Å². The van der Waals surface area contributed by atoms with Crippen molar-refractivity contribution < 1.29 is 44.8 Å². The zero-order chi connectivity index (χ0) is 58.1. The first-order valence-electron chi connectivity index (χ1n) is 29.3. The molecule has 426 valence electrons. The van der Waals surface area contributed by atoms with E-state index in [1.807, 2.05) is 24.3 Å². The Hall–Kier alpha value is -8.68. The Morgan fingerprint density at radius 1 is 0.227 bits per heavy atom. The van der Waals surface area contributed by atoms with Gasteiger partial charge in [0, 0.05) is 0 Å². The molecule has 0 saturated carbocycles. The van der Waals surface area contributed by atoms with E-state index in [-0.39, 0.29) is 55.6 Å². The summed E-state index contributed by atoms with van der Waals surface area (Å²) in [4.78, 5) is 0. The van der Waals surface area contributed by atoms with Crippen LogP contribution in [0.3, 0.4) is 0 Å². The molecule has 4 heteroatoms. The van der Waals surface area contributed by atoms with Crippen LogP contribution in [0.2, 0.25) is 0 Å². The van der Waals surface area contributed by atoms with E-state index in [1.165, 1.54) is 87.5 Å². The van der Waals surface area contributed by atoms with Crippen LogP contribution in [0.4, 0.5) is 0 Å². The number of benzene rings is 13. The molecular weight excluding hydrogens is 1460 g/mol. The van der Waals surface area contributed by atoms with Crippen LogP contribution in [0.5, 0.6) is 0 Å². The summed E-state index contributed by atoms with van der Waals surface area (Å²) in [5.74, 6) is 5.32. The molecule has 0 nitrogen and oxygen atoms in total. The largest absolute Gasteiger partial charge is 1.00 e. The maximum absolute atomic E-state index is 7.84. The molecular formula is C84H60Au2P2+2. The molecule has 0 bridgehead atoms. The fraction of sp³-hybridized carbons (Fsp3) is 0.0238. The van der Waals surface area contributed by atoms with Crippen molar-refractivity contribution in [1.29, 1.82) is 0 Å². The van der Waals surface area contributed by atoms with Crippen LogP contribution < -0.4 is 31.8 Å². The molecule has 0 saturated heterocycles. The van der Waals surface area contributed by atoms with E-state index in [0.29, 0.717) is 0 Å². The minimum atomic E-state index is -1.14. The summed E-state index contributed by atoms with van der Waals surface area (Å²) in [7, 11) is -2.28. The summed E-state index contributed by atoms with van der Waals surface area (Å²) in [5.41, 5.74) is 15.5. The van der Waals surface area contributed by atoms with Crippen molar-refractivity contribution in [3.8, 4) is 34.1 Å². The number of fused-ring (bicyclic) bond motifs is 6. The van der Waals surface area contributed by atoms with Crippen LogP contribution in [0, 0.1) is 24.7 Å². The van der Waals surface area contributed by atoms with Crippen molar-refractivity contribution >= 4 is 47.7 Å². The van der Waals surface area contributed by atoms with Gasteiger partial charge in [-0.05, 0) is 116 Å². The first-order valence-corrected chi connectivity index (χ1v) is 32.3. The van der Waals surface area contributed by atoms with Crippen LogP contribution in [0.1, 0.15) is 55.6 Å². The Balaban J connectivity index is 0.000000136. The second kappa shape index (κ2) is 28.0. The van der Waals surface area contributed by atoms with E-state index in [4.69, 9.17) is 12.8 Å². The van der Waals surface area contributed by atoms with Crippen molar-refractivity contribution in [3.63, 3.8) is 0 Å². The average molecular weight is 1530 g/mol. The van der Waals surface area contributed by atoms with Gasteiger partial charge < -0.3 is 12.8 Å². The van der Waals surface area contributed by atoms with Gasteiger partial charge in [0.05, 0.1) is 10.8 Å². The zero-order valence-corrected chi connectivity index (χ0v) is 54.4. The first-order chi connectivity index (χ1) is 42.7. The molecule has 0 heterocycles. The van der Waals surface area contributed by atoms with Gasteiger partial charge in [0.15, 0.2) is 0 Å². The van der Waals surface area contributed by atoms with Gasteiger partial charge >= 0.3 is 44.8 Å². The molecule has 13 aromatic carbocycles. The van der Waals surface area contributed by atoms with Crippen LogP contribution in [-0.4, -0.2) is 0 Å². The second-order valence-corrected chi connectivity index (χ2v) is 26.4. The third kappa shape index (κ3) is 11.2. The van der Waals surface area contributed by atoms with E-state index in [9.17, 15) is 0 Å². The SMILES string of the molecule is [Au+].[Au+].[C-]#Cc1cccc2c1-c1ccccc1C2(c1ccccc1)c1ccccc1.[C-]#Cc1cccc2c1-c1ccccc1C2(c1ccccc1)c1ccccc1.c1ccc([PH+](c2ccccc2)c2ccccc2[PH+](c2ccccc2)c2ccccc2)cc1. The van der Waals surface area contributed by atoms with Crippen molar-refractivity contribution in [2.75, 3.05) is 0 Å². The molecule has 0 spiro atoms. The molecule has 0 atom stereocenters. The van der Waals surface area contributed by atoms with Gasteiger partial charge in [0.2, 0.25) is 0 Å². The maximum atomic E-state index is 7.84. The summed E-state index contributed by atoms with van der Waals surface area (Å²) in [6.45, 7) is 0. The molecule has 2 aliphatic carbocycles. The van der Waals surface area contributed by atoms with E-state index >= 15 is 0 Å². The molecule has 0 aromatic heterocycles. The molecule has 0 N–H and O–H groups in total. The van der Waals surface area contributed by atoms with Gasteiger partial charge in [-0.2, -0.15) is 0 Å². The third-order valence-corrected chi connectivity index (χ3v) is 22.8. The molecule has 0 fully saturated rings. The minimum absolute atomic E-state index is 0. The molecule has 88 heavy (non-hydrogen) atoms. The Bertz CT molecular complexity index is 4080. The fourth-order valence-corrected chi connectivity index (χ4v) is 19.5. The summed E-state index contributed by atoms with van der Waals surface area (Å²) in [6, 6.07) is 126. The summed E-state index contributed by atoms with van der Waals surface area (Å²) in [6.07, 6.45) is 15.7. The van der Waals surface area contributed by atoms with Crippen LogP contribution >= 0.6 is 15.8 Å². The summed E-state index contributed by atoms with van der Waals surface area (Å²) >= 11 is 0. The fourth-order valence-electron chi connectivity index (χ4n) is 13.5. The Labute approximate surface area is 553 Å². The molecule has 0 aliphatic heterocycles. The number of rotatable bonds is 10. The van der Waals surface area contributed by atoms with E-state index in [2.05, 4.69) is 339 Å². The monoisotopic (exact) mass is 1520 g/mol. The zero-order valence-electron chi connectivity index (χ0n) is 48.1. The van der Waals surface area contributed by atoms with Gasteiger partial charge in [0.25, 0.3) is 0 Å². The second-order valence-electron chi connectivity index (χ2n) is 21.5. The smallest absolute Gasteiger partial charge is 0.366 e. The quantitative estimate of drug-likeness (QED) is 0.0554.